The van der Waals surface area contributed by atoms with Gasteiger partial charge in [-0.1, -0.05) is 0 Å². The summed E-state index contributed by atoms with van der Waals surface area (Å²) in [6.45, 7) is 4.48. The van der Waals surface area contributed by atoms with Gasteiger partial charge >= 0.3 is 0 Å². The molecule has 1 aliphatic carbocycles. The fourth-order valence-electron chi connectivity index (χ4n) is 3.99. The molecule has 8 nitrogen and oxygen atoms in total. The third kappa shape index (κ3) is 4.68. The summed E-state index contributed by atoms with van der Waals surface area (Å²) in [5.41, 5.74) is 1.72. The first kappa shape index (κ1) is 20.5. The van der Waals surface area contributed by atoms with Gasteiger partial charge in [0.1, 0.15) is 17.7 Å². The van der Waals surface area contributed by atoms with Crippen molar-refractivity contribution < 1.29 is 13.6 Å². The van der Waals surface area contributed by atoms with E-state index >= 15 is 0 Å². The monoisotopic (exact) mass is 419 g/mol. The summed E-state index contributed by atoms with van der Waals surface area (Å²) in [5, 5.41) is 13.8. The summed E-state index contributed by atoms with van der Waals surface area (Å²) in [7, 11) is 0. The van der Waals surface area contributed by atoms with Crippen LogP contribution >= 0.6 is 0 Å². The van der Waals surface area contributed by atoms with Crippen LogP contribution in [0.4, 0.5) is 20.4 Å². The molecule has 3 heterocycles. The molecule has 2 aliphatic rings. The summed E-state index contributed by atoms with van der Waals surface area (Å²) in [4.78, 5) is 21.3. The Balaban J connectivity index is 1.60. The van der Waals surface area contributed by atoms with E-state index in [1.165, 1.54) is 0 Å². The maximum absolute atomic E-state index is 13.5. The van der Waals surface area contributed by atoms with Gasteiger partial charge in [0.2, 0.25) is 11.8 Å². The zero-order valence-electron chi connectivity index (χ0n) is 17.2. The van der Waals surface area contributed by atoms with Crippen LogP contribution in [0.5, 0.6) is 0 Å². The summed E-state index contributed by atoms with van der Waals surface area (Å²) < 4.78 is 28.6. The number of nitrogens with one attached hydrogen (secondary N) is 3. The molecule has 1 saturated carbocycles. The molecule has 1 amide bonds. The first-order chi connectivity index (χ1) is 14.3. The number of carbonyl (C=O) groups is 1. The number of rotatable bonds is 5. The van der Waals surface area contributed by atoms with E-state index in [0.29, 0.717) is 43.4 Å². The van der Waals surface area contributed by atoms with Crippen LogP contribution in [0.2, 0.25) is 0 Å². The van der Waals surface area contributed by atoms with Crippen molar-refractivity contribution in [2.45, 2.75) is 70.4 Å². The van der Waals surface area contributed by atoms with E-state index in [4.69, 9.17) is 0 Å². The second kappa shape index (κ2) is 8.16. The Morgan fingerprint density at radius 3 is 2.43 bits per heavy atom. The molecule has 1 saturated heterocycles. The van der Waals surface area contributed by atoms with Gasteiger partial charge in [-0.25, -0.2) is 13.5 Å². The van der Waals surface area contributed by atoms with Crippen molar-refractivity contribution in [2.75, 3.05) is 17.2 Å². The zero-order valence-corrected chi connectivity index (χ0v) is 17.2. The first-order valence-corrected chi connectivity index (χ1v) is 10.4. The maximum Gasteiger partial charge on any atom is 0.254 e. The molecule has 0 aromatic carbocycles. The highest BCUT2D eigenvalue weighted by atomic mass is 19.3. The Morgan fingerprint density at radius 2 is 1.80 bits per heavy atom. The molecule has 162 valence electrons. The number of hydrogen-bond donors (Lipinski definition) is 3. The topological polar surface area (TPSA) is 96.8 Å². The highest BCUT2D eigenvalue weighted by Gasteiger charge is 2.35. The number of amides is 1. The summed E-state index contributed by atoms with van der Waals surface area (Å²) in [6, 6.07) is 3.19. The highest BCUT2D eigenvalue weighted by molar-refractivity contribution is 5.85. The molecule has 2 aromatic rings. The molecule has 0 spiro atoms. The number of aryl methyl sites for hydroxylation is 2. The average Bonchev–Trinajstić information content (AvgIpc) is 3.03. The molecule has 1 unspecified atom stereocenters. The first-order valence-electron chi connectivity index (χ1n) is 10.4. The van der Waals surface area contributed by atoms with Crippen LogP contribution in [0.25, 0.3) is 5.95 Å². The number of halogens is 2. The normalized spacial score (nSPS) is 21.9. The van der Waals surface area contributed by atoms with Gasteiger partial charge in [0.25, 0.3) is 5.95 Å². The fraction of sp³-hybridized carbons (Fsp3) is 0.600. The van der Waals surface area contributed by atoms with Crippen LogP contribution < -0.4 is 16.0 Å². The molecule has 2 aromatic heterocycles. The Kier molecular flexibility index (Phi) is 5.57. The number of carbonyl (C=O) groups excluding carboxylic acids is 1. The van der Waals surface area contributed by atoms with Crippen molar-refractivity contribution >= 4 is 17.5 Å². The molecule has 30 heavy (non-hydrogen) atoms. The molecule has 4 rings (SSSR count). The predicted octanol–water partition coefficient (Wildman–Crippen LogP) is 2.96. The summed E-state index contributed by atoms with van der Waals surface area (Å²) >= 11 is 0. The number of hydrogen-bond acceptors (Lipinski definition) is 6. The number of alkyl halides is 2. The number of nitrogens with zero attached hydrogens (tertiary/aromatic N) is 4. The highest BCUT2D eigenvalue weighted by Crippen LogP contribution is 2.34. The van der Waals surface area contributed by atoms with Crippen molar-refractivity contribution in [1.29, 1.82) is 0 Å². The lowest BCUT2D eigenvalue weighted by molar-refractivity contribution is -0.123. The second-order valence-electron chi connectivity index (χ2n) is 8.18. The van der Waals surface area contributed by atoms with Crippen LogP contribution in [0.15, 0.2) is 12.1 Å². The van der Waals surface area contributed by atoms with Crippen LogP contribution in [0.3, 0.4) is 0 Å². The van der Waals surface area contributed by atoms with E-state index in [-0.39, 0.29) is 30.8 Å². The van der Waals surface area contributed by atoms with Crippen LogP contribution in [0.1, 0.15) is 49.9 Å². The zero-order chi connectivity index (χ0) is 21.3. The van der Waals surface area contributed by atoms with Crippen LogP contribution in [0, 0.1) is 13.8 Å². The van der Waals surface area contributed by atoms with Gasteiger partial charge in [-0.05, 0) is 45.6 Å². The minimum absolute atomic E-state index is 0.0588. The minimum Gasteiger partial charge on any atom is -0.367 e. The standard InChI is InChI=1S/C20H27F2N7O/c1-12-10-13(2)29(28-12)19-26-16(24-14-5-7-20(21,22)8-6-14)11-17(27-19)25-15-4-3-9-23-18(15)30/h10-11,14-15H,3-9H2,1-2H3,(H,23,30)(H2,24,25,26,27). The van der Waals surface area contributed by atoms with Crippen molar-refractivity contribution in [3.63, 3.8) is 0 Å². The van der Waals surface area contributed by atoms with Gasteiger partial charge in [-0.15, -0.1) is 0 Å². The van der Waals surface area contributed by atoms with Gasteiger partial charge in [0, 0.05) is 37.2 Å². The molecule has 1 aliphatic heterocycles. The molecular formula is C20H27F2N7O. The van der Waals surface area contributed by atoms with Gasteiger partial charge in [-0.2, -0.15) is 15.1 Å². The van der Waals surface area contributed by atoms with Gasteiger partial charge in [-0.3, -0.25) is 4.79 Å². The van der Waals surface area contributed by atoms with E-state index in [2.05, 4.69) is 31.0 Å². The Labute approximate surface area is 173 Å². The van der Waals surface area contributed by atoms with Gasteiger partial charge < -0.3 is 16.0 Å². The maximum atomic E-state index is 13.5. The Bertz CT molecular complexity index is 920. The number of aromatic nitrogens is 4. The third-order valence-corrected chi connectivity index (χ3v) is 5.59. The van der Waals surface area contributed by atoms with Crippen molar-refractivity contribution in [3.05, 3.63) is 23.5 Å². The predicted molar refractivity (Wildman–Crippen MR) is 109 cm³/mol. The lowest BCUT2D eigenvalue weighted by Crippen LogP contribution is -2.44. The lowest BCUT2D eigenvalue weighted by atomic mass is 9.92. The summed E-state index contributed by atoms with van der Waals surface area (Å²) in [5.74, 6) is -1.25. The van der Waals surface area contributed by atoms with E-state index in [1.807, 2.05) is 19.9 Å². The third-order valence-electron chi connectivity index (χ3n) is 5.59. The molecular weight excluding hydrogens is 392 g/mol. The van der Waals surface area contributed by atoms with E-state index in [9.17, 15) is 13.6 Å². The van der Waals surface area contributed by atoms with Crippen molar-refractivity contribution in [1.82, 2.24) is 25.1 Å². The molecule has 3 N–H and O–H groups in total. The molecule has 0 bridgehead atoms. The SMILES string of the molecule is Cc1cc(C)n(-c2nc(NC3CCC(F)(F)CC3)cc(NC3CCCNC3=O)n2)n1. The number of piperidine rings is 1. The molecule has 10 heteroatoms. The Morgan fingerprint density at radius 1 is 1.10 bits per heavy atom. The van der Waals surface area contributed by atoms with Crippen molar-refractivity contribution in [2.24, 2.45) is 0 Å². The van der Waals surface area contributed by atoms with E-state index in [0.717, 1.165) is 17.8 Å². The minimum atomic E-state index is -2.58. The quantitative estimate of drug-likeness (QED) is 0.690. The fourth-order valence-corrected chi connectivity index (χ4v) is 3.99. The second-order valence-corrected chi connectivity index (χ2v) is 8.18. The van der Waals surface area contributed by atoms with Crippen LogP contribution in [-0.4, -0.2) is 50.2 Å². The molecule has 1 atom stereocenters. The van der Waals surface area contributed by atoms with Gasteiger partial charge in [0.15, 0.2) is 0 Å². The average molecular weight is 419 g/mol. The lowest BCUT2D eigenvalue weighted by Gasteiger charge is -2.29. The van der Waals surface area contributed by atoms with E-state index in [1.54, 1.807) is 10.7 Å². The molecule has 0 radical (unpaired) electrons. The van der Waals surface area contributed by atoms with Crippen LogP contribution in [-0.2, 0) is 4.79 Å². The number of anilines is 2. The molecule has 2 fully saturated rings. The van der Waals surface area contributed by atoms with Crippen molar-refractivity contribution in [3.8, 4) is 5.95 Å². The Hall–Kier alpha value is -2.78. The van der Waals surface area contributed by atoms with Gasteiger partial charge in [0.05, 0.1) is 5.69 Å². The van der Waals surface area contributed by atoms with E-state index < -0.39 is 5.92 Å². The largest absolute Gasteiger partial charge is 0.367 e. The summed E-state index contributed by atoms with van der Waals surface area (Å²) in [6.07, 6.45) is 2.09. The smallest absolute Gasteiger partial charge is 0.254 e.